The van der Waals surface area contributed by atoms with Crippen molar-refractivity contribution in [1.29, 1.82) is 0 Å². The minimum Gasteiger partial charge on any atom is -0.380 e. The first-order valence-corrected chi connectivity index (χ1v) is 9.67. The number of rotatable bonds is 16. The fourth-order valence-electron chi connectivity index (χ4n) is 2.11. The quantitative estimate of drug-likeness (QED) is 0.449. The highest BCUT2D eigenvalue weighted by Crippen LogP contribution is 2.25. The molecule has 0 aromatic carbocycles. The zero-order chi connectivity index (χ0) is 18.4. The van der Waals surface area contributed by atoms with E-state index in [0.29, 0.717) is 39.0 Å². The summed E-state index contributed by atoms with van der Waals surface area (Å²) in [6.07, 6.45) is 3.91. The molecule has 0 amide bonds. The molecule has 0 aliphatic heterocycles. The van der Waals surface area contributed by atoms with Crippen LogP contribution in [0.2, 0.25) is 0 Å². The van der Waals surface area contributed by atoms with E-state index in [4.69, 9.17) is 25.7 Å². The van der Waals surface area contributed by atoms with Gasteiger partial charge in [0.1, 0.15) is 0 Å². The smallest absolute Gasteiger partial charge is 0.0617 e. The third-order valence-corrected chi connectivity index (χ3v) is 4.79. The maximum atomic E-state index is 5.99. The molecular weight excluding hydrogens is 304 g/mol. The summed E-state index contributed by atoms with van der Waals surface area (Å²) in [6, 6.07) is 0.185. The van der Waals surface area contributed by atoms with Gasteiger partial charge in [0.25, 0.3) is 0 Å². The van der Waals surface area contributed by atoms with Crippen molar-refractivity contribution in [3.63, 3.8) is 0 Å². The predicted molar refractivity (Wildman–Crippen MR) is 101 cm³/mol. The molecule has 146 valence electrons. The average molecular weight is 347 g/mol. The fourth-order valence-corrected chi connectivity index (χ4v) is 2.11. The van der Waals surface area contributed by atoms with Crippen LogP contribution in [0, 0.1) is 11.3 Å². The molecule has 5 nitrogen and oxygen atoms in total. The molecule has 0 aromatic rings. The molecule has 0 saturated heterocycles. The van der Waals surface area contributed by atoms with Crippen LogP contribution in [0.1, 0.15) is 60.3 Å². The van der Waals surface area contributed by atoms with Gasteiger partial charge < -0.3 is 25.7 Å². The van der Waals surface area contributed by atoms with Crippen molar-refractivity contribution >= 4 is 0 Å². The van der Waals surface area contributed by atoms with E-state index in [0.717, 1.165) is 32.3 Å². The predicted octanol–water partition coefficient (Wildman–Crippen LogP) is 2.95. The van der Waals surface area contributed by atoms with Crippen molar-refractivity contribution < 1.29 is 14.2 Å². The summed E-state index contributed by atoms with van der Waals surface area (Å²) < 4.78 is 17.8. The van der Waals surface area contributed by atoms with Crippen molar-refractivity contribution in [2.24, 2.45) is 22.8 Å². The molecule has 0 saturated carbocycles. The van der Waals surface area contributed by atoms with E-state index in [1.165, 1.54) is 0 Å². The van der Waals surface area contributed by atoms with Gasteiger partial charge in [0.2, 0.25) is 0 Å². The summed E-state index contributed by atoms with van der Waals surface area (Å²) >= 11 is 0. The van der Waals surface area contributed by atoms with Crippen LogP contribution in [0.15, 0.2) is 0 Å². The van der Waals surface area contributed by atoms with Gasteiger partial charge in [0.05, 0.1) is 33.0 Å². The second-order valence-electron chi connectivity index (χ2n) is 7.25. The van der Waals surface area contributed by atoms with E-state index in [1.54, 1.807) is 0 Å². The van der Waals surface area contributed by atoms with Gasteiger partial charge >= 0.3 is 0 Å². The molecular formula is C19H42N2O3. The first-order valence-electron chi connectivity index (χ1n) is 9.67. The molecule has 0 fully saturated rings. The molecule has 0 rings (SSSR count). The molecule has 3 unspecified atom stereocenters. The lowest BCUT2D eigenvalue weighted by Crippen LogP contribution is -2.40. The SMILES string of the molecule is CCC(C)COCC(CC)(COCC(N)CC)COCC(N)CC. The molecule has 0 spiro atoms. The Bertz CT molecular complexity index is 249. The molecule has 0 aliphatic rings. The van der Waals surface area contributed by atoms with Gasteiger partial charge in [0, 0.05) is 24.1 Å². The monoisotopic (exact) mass is 346 g/mol. The minimum atomic E-state index is -0.131. The van der Waals surface area contributed by atoms with E-state index in [9.17, 15) is 0 Å². The lowest BCUT2D eigenvalue weighted by atomic mass is 9.88. The fraction of sp³-hybridized carbons (Fsp3) is 1.00. The summed E-state index contributed by atoms with van der Waals surface area (Å²) in [6.45, 7) is 14.5. The van der Waals surface area contributed by atoms with E-state index >= 15 is 0 Å². The lowest BCUT2D eigenvalue weighted by Gasteiger charge is -2.33. The molecule has 0 aromatic heterocycles. The largest absolute Gasteiger partial charge is 0.380 e. The van der Waals surface area contributed by atoms with Crippen LogP contribution in [0.3, 0.4) is 0 Å². The lowest BCUT2D eigenvalue weighted by molar-refractivity contribution is -0.0788. The number of hydrogen-bond donors (Lipinski definition) is 2. The molecule has 0 heterocycles. The molecule has 0 radical (unpaired) electrons. The number of hydrogen-bond acceptors (Lipinski definition) is 5. The first-order chi connectivity index (χ1) is 11.4. The van der Waals surface area contributed by atoms with Crippen molar-refractivity contribution in [2.45, 2.75) is 72.4 Å². The van der Waals surface area contributed by atoms with Crippen LogP contribution in [-0.2, 0) is 14.2 Å². The molecule has 3 atom stereocenters. The normalized spacial score (nSPS) is 18.1. The topological polar surface area (TPSA) is 79.7 Å². The van der Waals surface area contributed by atoms with Gasteiger partial charge in [-0.3, -0.25) is 0 Å². The standard InChI is InChI=1S/C19H42N2O3/c1-6-16(5)10-22-13-19(9-4,14-23-11-17(20)7-2)15-24-12-18(21)8-3/h16-18H,6-15,20-21H2,1-5H3. The molecule has 0 bridgehead atoms. The van der Waals surface area contributed by atoms with Gasteiger partial charge in [-0.05, 0) is 25.2 Å². The van der Waals surface area contributed by atoms with Crippen molar-refractivity contribution in [3.8, 4) is 0 Å². The Morgan fingerprint density at radius 2 is 1.12 bits per heavy atom. The molecule has 24 heavy (non-hydrogen) atoms. The molecule has 4 N–H and O–H groups in total. The van der Waals surface area contributed by atoms with Gasteiger partial charge in [-0.25, -0.2) is 0 Å². The van der Waals surface area contributed by atoms with E-state index < -0.39 is 0 Å². The summed E-state index contributed by atoms with van der Waals surface area (Å²) in [5.74, 6) is 0.573. The van der Waals surface area contributed by atoms with E-state index in [2.05, 4.69) is 34.6 Å². The van der Waals surface area contributed by atoms with Gasteiger partial charge in [0.15, 0.2) is 0 Å². The first kappa shape index (κ1) is 23.8. The number of ether oxygens (including phenoxy) is 3. The molecule has 5 heteroatoms. The zero-order valence-electron chi connectivity index (χ0n) is 16.7. The summed E-state index contributed by atoms with van der Waals surface area (Å²) in [4.78, 5) is 0. The Kier molecular flexibility index (Phi) is 13.9. The van der Waals surface area contributed by atoms with Crippen molar-refractivity contribution in [2.75, 3.05) is 39.6 Å². The maximum absolute atomic E-state index is 5.99. The maximum Gasteiger partial charge on any atom is 0.0617 e. The van der Waals surface area contributed by atoms with Gasteiger partial charge in [-0.2, -0.15) is 0 Å². The Morgan fingerprint density at radius 1 is 0.708 bits per heavy atom. The van der Waals surface area contributed by atoms with Crippen LogP contribution >= 0.6 is 0 Å². The minimum absolute atomic E-state index is 0.0926. The van der Waals surface area contributed by atoms with Crippen LogP contribution in [0.4, 0.5) is 0 Å². The highest BCUT2D eigenvalue weighted by molar-refractivity contribution is 4.78. The Labute approximate surface area is 149 Å². The zero-order valence-corrected chi connectivity index (χ0v) is 16.7. The Hall–Kier alpha value is -0.200. The summed E-state index contributed by atoms with van der Waals surface area (Å²) in [5, 5.41) is 0. The second-order valence-corrected chi connectivity index (χ2v) is 7.25. The third kappa shape index (κ3) is 10.6. The van der Waals surface area contributed by atoms with Crippen LogP contribution < -0.4 is 11.5 Å². The van der Waals surface area contributed by atoms with Crippen molar-refractivity contribution in [1.82, 2.24) is 0 Å². The summed E-state index contributed by atoms with van der Waals surface area (Å²) in [7, 11) is 0. The number of nitrogens with two attached hydrogens (primary N) is 2. The van der Waals surface area contributed by atoms with Crippen LogP contribution in [0.25, 0.3) is 0 Å². The Balaban J connectivity index is 4.54. The van der Waals surface area contributed by atoms with Crippen LogP contribution in [-0.4, -0.2) is 51.7 Å². The summed E-state index contributed by atoms with van der Waals surface area (Å²) in [5.41, 5.74) is 11.8. The second kappa shape index (κ2) is 14.0. The van der Waals surface area contributed by atoms with E-state index in [1.807, 2.05) is 0 Å². The van der Waals surface area contributed by atoms with Crippen LogP contribution in [0.5, 0.6) is 0 Å². The van der Waals surface area contributed by atoms with Gasteiger partial charge in [-0.15, -0.1) is 0 Å². The van der Waals surface area contributed by atoms with Crippen molar-refractivity contribution in [3.05, 3.63) is 0 Å². The van der Waals surface area contributed by atoms with E-state index in [-0.39, 0.29) is 17.5 Å². The van der Waals surface area contributed by atoms with Gasteiger partial charge in [-0.1, -0.05) is 41.0 Å². The highest BCUT2D eigenvalue weighted by Gasteiger charge is 2.30. The third-order valence-electron chi connectivity index (χ3n) is 4.79. The molecule has 0 aliphatic carbocycles. The Morgan fingerprint density at radius 3 is 1.46 bits per heavy atom. The average Bonchev–Trinajstić information content (AvgIpc) is 2.60. The highest BCUT2D eigenvalue weighted by atomic mass is 16.5.